The summed E-state index contributed by atoms with van der Waals surface area (Å²) >= 11 is 3.22. The zero-order valence-corrected chi connectivity index (χ0v) is 7.88. The van der Waals surface area contributed by atoms with E-state index in [2.05, 4.69) is 20.9 Å². The number of nitrogens with two attached hydrogens (primary N) is 1. The van der Waals surface area contributed by atoms with Gasteiger partial charge in [0.05, 0.1) is 17.6 Å². The van der Waals surface area contributed by atoms with Gasteiger partial charge in [-0.25, -0.2) is 4.39 Å². The Morgan fingerprint density at radius 1 is 1.67 bits per heavy atom. The van der Waals surface area contributed by atoms with Crippen LogP contribution in [-0.4, -0.2) is 10.3 Å². The van der Waals surface area contributed by atoms with Crippen LogP contribution in [0.2, 0.25) is 0 Å². The molecule has 1 rings (SSSR count). The predicted octanol–water partition coefficient (Wildman–Crippen LogP) is 2.21. The van der Waals surface area contributed by atoms with E-state index in [-0.39, 0.29) is 0 Å². The molecule has 0 spiro atoms. The molecule has 0 saturated carbocycles. The molecular formula is C8H8BrFN2. The third kappa shape index (κ3) is 2.30. The van der Waals surface area contributed by atoms with Crippen LogP contribution in [0, 0.1) is 5.82 Å². The Labute approximate surface area is 78.4 Å². The Kier molecular flexibility index (Phi) is 3.22. The Hall–Kier alpha value is -0.900. The molecule has 0 bridgehead atoms. The van der Waals surface area contributed by atoms with Crippen LogP contribution in [0.5, 0.6) is 0 Å². The summed E-state index contributed by atoms with van der Waals surface area (Å²) in [5.41, 5.74) is 6.44. The number of halogens is 2. The van der Waals surface area contributed by atoms with Gasteiger partial charge in [0.1, 0.15) is 5.82 Å². The number of aromatic nitrogens is 1. The van der Waals surface area contributed by atoms with Crippen LogP contribution in [-0.2, 0) is 0 Å². The standard InChI is InChI=1S/C8H8BrFN2/c9-3-1-2-8-7(11)4-6(10)5-12-8/h1-2,4-5H,3,11H2. The summed E-state index contributed by atoms with van der Waals surface area (Å²) in [7, 11) is 0. The van der Waals surface area contributed by atoms with Gasteiger partial charge >= 0.3 is 0 Å². The number of nitrogen functional groups attached to an aromatic ring is 1. The number of anilines is 1. The molecule has 0 amide bonds. The summed E-state index contributed by atoms with van der Waals surface area (Å²) in [6.07, 6.45) is 4.73. The van der Waals surface area contributed by atoms with Crippen molar-refractivity contribution in [2.75, 3.05) is 11.1 Å². The Morgan fingerprint density at radius 2 is 2.42 bits per heavy atom. The minimum Gasteiger partial charge on any atom is -0.397 e. The van der Waals surface area contributed by atoms with E-state index in [0.29, 0.717) is 11.4 Å². The molecule has 0 atom stereocenters. The highest BCUT2D eigenvalue weighted by molar-refractivity contribution is 9.09. The molecule has 0 aliphatic heterocycles. The fraction of sp³-hybridized carbons (Fsp3) is 0.125. The monoisotopic (exact) mass is 230 g/mol. The van der Waals surface area contributed by atoms with Crippen LogP contribution in [0.1, 0.15) is 5.69 Å². The van der Waals surface area contributed by atoms with Crippen molar-refractivity contribution >= 4 is 27.7 Å². The molecule has 1 aromatic heterocycles. The minimum absolute atomic E-state index is 0.354. The molecule has 0 aliphatic carbocycles. The van der Waals surface area contributed by atoms with Gasteiger partial charge in [0.25, 0.3) is 0 Å². The van der Waals surface area contributed by atoms with Gasteiger partial charge in [0.15, 0.2) is 0 Å². The molecule has 0 radical (unpaired) electrons. The van der Waals surface area contributed by atoms with Gasteiger partial charge in [-0.05, 0) is 6.08 Å². The molecule has 1 heterocycles. The molecule has 4 heteroatoms. The van der Waals surface area contributed by atoms with Crippen LogP contribution >= 0.6 is 15.9 Å². The fourth-order valence-electron chi connectivity index (χ4n) is 0.761. The van der Waals surface area contributed by atoms with Crippen LogP contribution in [0.4, 0.5) is 10.1 Å². The Balaban J connectivity index is 2.94. The van der Waals surface area contributed by atoms with Crippen molar-refractivity contribution in [3.05, 3.63) is 29.9 Å². The minimum atomic E-state index is -0.413. The zero-order valence-electron chi connectivity index (χ0n) is 6.30. The van der Waals surface area contributed by atoms with Crippen molar-refractivity contribution in [2.45, 2.75) is 0 Å². The lowest BCUT2D eigenvalue weighted by atomic mass is 10.3. The number of alkyl halides is 1. The molecule has 12 heavy (non-hydrogen) atoms. The highest BCUT2D eigenvalue weighted by Crippen LogP contribution is 2.11. The average molecular weight is 231 g/mol. The lowest BCUT2D eigenvalue weighted by Crippen LogP contribution is -1.93. The highest BCUT2D eigenvalue weighted by atomic mass is 79.9. The topological polar surface area (TPSA) is 38.9 Å². The van der Waals surface area contributed by atoms with Gasteiger partial charge in [-0.2, -0.15) is 0 Å². The second-order valence-electron chi connectivity index (χ2n) is 2.18. The van der Waals surface area contributed by atoms with Crippen molar-refractivity contribution < 1.29 is 4.39 Å². The second-order valence-corrected chi connectivity index (χ2v) is 2.83. The highest BCUT2D eigenvalue weighted by Gasteiger charge is 1.97. The van der Waals surface area contributed by atoms with Crippen molar-refractivity contribution in [3.63, 3.8) is 0 Å². The van der Waals surface area contributed by atoms with Gasteiger partial charge in [-0.3, -0.25) is 4.98 Å². The quantitative estimate of drug-likeness (QED) is 0.792. The molecule has 0 aromatic carbocycles. The molecule has 1 aromatic rings. The molecule has 64 valence electrons. The van der Waals surface area contributed by atoms with E-state index in [4.69, 9.17) is 5.73 Å². The largest absolute Gasteiger partial charge is 0.397 e. The number of rotatable bonds is 2. The molecular weight excluding hydrogens is 223 g/mol. The summed E-state index contributed by atoms with van der Waals surface area (Å²) in [6, 6.07) is 1.25. The van der Waals surface area contributed by atoms with Crippen molar-refractivity contribution in [1.82, 2.24) is 4.98 Å². The number of allylic oxidation sites excluding steroid dienone is 1. The van der Waals surface area contributed by atoms with E-state index in [9.17, 15) is 4.39 Å². The molecule has 0 fully saturated rings. The Morgan fingerprint density at radius 3 is 3.00 bits per heavy atom. The lowest BCUT2D eigenvalue weighted by Gasteiger charge is -1.97. The van der Waals surface area contributed by atoms with E-state index in [1.807, 2.05) is 6.08 Å². The number of pyridine rings is 1. The maximum absolute atomic E-state index is 12.5. The number of nitrogens with zero attached hydrogens (tertiary/aromatic N) is 1. The summed E-state index contributed by atoms with van der Waals surface area (Å²) in [5, 5.41) is 0.728. The number of hydrogen-bond donors (Lipinski definition) is 1. The van der Waals surface area contributed by atoms with Crippen LogP contribution < -0.4 is 5.73 Å². The molecule has 2 nitrogen and oxygen atoms in total. The first-order valence-corrected chi connectivity index (χ1v) is 4.49. The molecule has 0 aliphatic rings. The van der Waals surface area contributed by atoms with E-state index < -0.39 is 5.82 Å². The second kappa shape index (κ2) is 4.21. The maximum Gasteiger partial charge on any atom is 0.143 e. The first-order chi connectivity index (χ1) is 5.74. The van der Waals surface area contributed by atoms with E-state index in [0.717, 1.165) is 11.5 Å². The van der Waals surface area contributed by atoms with Crippen LogP contribution in [0.3, 0.4) is 0 Å². The molecule has 2 N–H and O–H groups in total. The third-order valence-corrected chi connectivity index (χ3v) is 1.65. The average Bonchev–Trinajstić information content (AvgIpc) is 2.03. The molecule has 0 saturated heterocycles. The summed E-state index contributed by atoms with van der Waals surface area (Å²) in [5.74, 6) is -0.413. The molecule has 0 unspecified atom stereocenters. The van der Waals surface area contributed by atoms with E-state index in [1.54, 1.807) is 6.08 Å². The van der Waals surface area contributed by atoms with Crippen LogP contribution in [0.25, 0.3) is 6.08 Å². The van der Waals surface area contributed by atoms with Gasteiger partial charge in [0, 0.05) is 11.4 Å². The van der Waals surface area contributed by atoms with Gasteiger partial charge in [-0.15, -0.1) is 0 Å². The van der Waals surface area contributed by atoms with E-state index >= 15 is 0 Å². The normalized spacial score (nSPS) is 10.8. The van der Waals surface area contributed by atoms with Crippen molar-refractivity contribution in [3.8, 4) is 0 Å². The van der Waals surface area contributed by atoms with Crippen LogP contribution in [0.15, 0.2) is 18.3 Å². The predicted molar refractivity (Wildman–Crippen MR) is 51.4 cm³/mol. The van der Waals surface area contributed by atoms with E-state index in [1.165, 1.54) is 6.07 Å². The third-order valence-electron chi connectivity index (χ3n) is 1.28. The van der Waals surface area contributed by atoms with Gasteiger partial charge < -0.3 is 5.73 Å². The first kappa shape index (κ1) is 9.19. The zero-order chi connectivity index (χ0) is 8.97. The van der Waals surface area contributed by atoms with Gasteiger partial charge in [0.2, 0.25) is 0 Å². The smallest absolute Gasteiger partial charge is 0.143 e. The maximum atomic E-state index is 12.5. The SMILES string of the molecule is Nc1cc(F)cnc1C=CCBr. The summed E-state index contributed by atoms with van der Waals surface area (Å²) < 4.78 is 12.5. The Bertz CT molecular complexity index is 299. The lowest BCUT2D eigenvalue weighted by molar-refractivity contribution is 0.622. The van der Waals surface area contributed by atoms with Crippen molar-refractivity contribution in [1.29, 1.82) is 0 Å². The number of hydrogen-bond acceptors (Lipinski definition) is 2. The van der Waals surface area contributed by atoms with Crippen molar-refractivity contribution in [2.24, 2.45) is 0 Å². The fourth-order valence-corrected chi connectivity index (χ4v) is 0.948. The van der Waals surface area contributed by atoms with Gasteiger partial charge in [-0.1, -0.05) is 22.0 Å². The first-order valence-electron chi connectivity index (χ1n) is 3.37. The summed E-state index contributed by atoms with van der Waals surface area (Å²) in [4.78, 5) is 3.81. The summed E-state index contributed by atoms with van der Waals surface area (Å²) in [6.45, 7) is 0.